The molecule has 13 heteroatoms. The fourth-order valence-corrected chi connectivity index (χ4v) is 10.0. The lowest BCUT2D eigenvalue weighted by Crippen LogP contribution is -2.49. The predicted molar refractivity (Wildman–Crippen MR) is 188 cm³/mol. The Balaban J connectivity index is 1.31. The molecule has 2 aromatic heterocycles. The number of fused-ring (bicyclic) bond motifs is 4. The second-order valence-electron chi connectivity index (χ2n) is 14.1. The number of nitrogens with one attached hydrogen (secondary N) is 1. The highest BCUT2D eigenvalue weighted by Crippen LogP contribution is 2.46. The van der Waals surface area contributed by atoms with Gasteiger partial charge in [0.25, 0.3) is 5.91 Å². The van der Waals surface area contributed by atoms with Crippen LogP contribution in [0.5, 0.6) is 5.75 Å². The molecule has 1 fully saturated rings. The summed E-state index contributed by atoms with van der Waals surface area (Å²) in [5.41, 5.74) is 2.46. The molecule has 49 heavy (non-hydrogen) atoms. The Hall–Kier alpha value is -3.74. The van der Waals surface area contributed by atoms with Crippen LogP contribution >= 0.6 is 11.6 Å². The first-order chi connectivity index (χ1) is 23.5. The van der Waals surface area contributed by atoms with Crippen LogP contribution in [0, 0.1) is 17.8 Å². The third-order valence-corrected chi connectivity index (χ3v) is 12.8. The number of pyridine rings is 1. The van der Waals surface area contributed by atoms with Crippen LogP contribution in [0.15, 0.2) is 59.2 Å². The van der Waals surface area contributed by atoms with Crippen LogP contribution in [-0.2, 0) is 33.5 Å². The van der Waals surface area contributed by atoms with Gasteiger partial charge in [-0.1, -0.05) is 36.7 Å². The molecule has 1 spiro atoms. The van der Waals surface area contributed by atoms with Gasteiger partial charge in [0.1, 0.15) is 15.6 Å². The molecule has 4 aliphatic rings. The second kappa shape index (κ2) is 13.5. The number of aromatic nitrogens is 3. The average Bonchev–Trinajstić information content (AvgIpc) is 3.43. The van der Waals surface area contributed by atoms with E-state index in [-0.39, 0.29) is 34.4 Å². The first-order valence-corrected chi connectivity index (χ1v) is 19.1. The lowest BCUT2D eigenvalue weighted by atomic mass is 9.68. The van der Waals surface area contributed by atoms with Gasteiger partial charge in [0.05, 0.1) is 30.2 Å². The number of allylic oxidation sites excluding steroid dienone is 1. The van der Waals surface area contributed by atoms with Crippen LogP contribution in [0.3, 0.4) is 0 Å². The van der Waals surface area contributed by atoms with Gasteiger partial charge in [0.15, 0.2) is 11.6 Å². The minimum absolute atomic E-state index is 0.0229. The summed E-state index contributed by atoms with van der Waals surface area (Å²) < 4.78 is 35.2. The van der Waals surface area contributed by atoms with Crippen molar-refractivity contribution in [3.63, 3.8) is 0 Å². The summed E-state index contributed by atoms with van der Waals surface area (Å²) >= 11 is 6.44. The Labute approximate surface area is 292 Å². The number of aryl methyl sites for hydroxylation is 2. The van der Waals surface area contributed by atoms with Gasteiger partial charge in [0.2, 0.25) is 0 Å². The summed E-state index contributed by atoms with van der Waals surface area (Å²) in [5.74, 6) is 0.268. The first-order valence-electron chi connectivity index (χ1n) is 17.0. The minimum atomic E-state index is -3.55. The summed E-state index contributed by atoms with van der Waals surface area (Å²) in [7, 11) is -0.117. The van der Waals surface area contributed by atoms with Gasteiger partial charge >= 0.3 is 5.91 Å². The molecule has 1 aromatic carbocycles. The number of hydrogen-bond acceptors (Lipinski definition) is 8. The molecule has 6 atom stereocenters. The van der Waals surface area contributed by atoms with E-state index in [1.54, 1.807) is 26.3 Å². The molecule has 2 amide bonds. The smallest absolute Gasteiger partial charge is 0.305 e. The standard InChI is InChI=1S/C36H43ClN6O5S/c1-23-6-4-8-31(47-3)28-11-9-25(28)19-43-21-36(15-5-7-24-16-27(37)10-12-29(24)36)22-48-32-14-13-30(39-33(32)43)35(45)41-49(46,20-23)40-34(44)26-17-38-42(2)18-26/h4,8,10,12-14,16-18,23,25,28,31H,5-7,9,11,15,19-22H2,1-3H3,(H,40,41,44,45,46)/b8-4+/t23-,25-,28+,31-,36-,49+/m0/s1. The summed E-state index contributed by atoms with van der Waals surface area (Å²) in [6.07, 6.45) is 12.6. The number of amides is 2. The number of benzene rings is 1. The Morgan fingerprint density at radius 2 is 2.08 bits per heavy atom. The Morgan fingerprint density at radius 1 is 1.22 bits per heavy atom. The van der Waals surface area contributed by atoms with E-state index in [4.69, 9.17) is 26.1 Å². The van der Waals surface area contributed by atoms with Crippen LogP contribution in [0.4, 0.5) is 5.82 Å². The summed E-state index contributed by atoms with van der Waals surface area (Å²) in [6.45, 7) is 3.77. The van der Waals surface area contributed by atoms with Gasteiger partial charge in [-0.05, 0) is 91.7 Å². The molecule has 2 aliphatic heterocycles. The number of halogens is 1. The molecular weight excluding hydrogens is 664 g/mol. The zero-order valence-electron chi connectivity index (χ0n) is 28.1. The quantitative estimate of drug-likeness (QED) is 0.352. The van der Waals surface area contributed by atoms with Gasteiger partial charge in [-0.15, -0.1) is 4.36 Å². The first kappa shape index (κ1) is 33.7. The van der Waals surface area contributed by atoms with Crippen molar-refractivity contribution in [2.45, 2.75) is 57.0 Å². The molecule has 0 saturated heterocycles. The maximum Gasteiger partial charge on any atom is 0.305 e. The summed E-state index contributed by atoms with van der Waals surface area (Å²) in [6, 6.07) is 9.51. The minimum Gasteiger partial charge on any atom is -0.489 e. The molecule has 2 aliphatic carbocycles. The van der Waals surface area contributed by atoms with Crippen LogP contribution in [0.25, 0.3) is 0 Å². The number of ether oxygens (including phenoxy) is 2. The third kappa shape index (κ3) is 6.87. The maximum absolute atomic E-state index is 14.4. The topological polar surface area (TPSA) is 128 Å². The van der Waals surface area contributed by atoms with E-state index in [1.807, 2.05) is 13.0 Å². The zero-order valence-corrected chi connectivity index (χ0v) is 29.7. The van der Waals surface area contributed by atoms with Gasteiger partial charge in [0, 0.05) is 43.9 Å². The van der Waals surface area contributed by atoms with Crippen molar-refractivity contribution in [1.82, 2.24) is 19.5 Å². The predicted octanol–water partition coefficient (Wildman–Crippen LogP) is 5.53. The van der Waals surface area contributed by atoms with Crippen LogP contribution in [-0.4, -0.2) is 69.5 Å². The van der Waals surface area contributed by atoms with E-state index >= 15 is 0 Å². The SMILES string of the molecule is CO[C@H]1/C=C/C[C@H](C)C[S@@](=O)(NC(=O)c2cnn(C)c2)=NC(=O)c2ccc3c(n2)N(C[C@@H]2CC[C@H]21)C[C@@]1(CCCc2cc(Cl)ccc21)CO3. The number of hydrogen-bond donors (Lipinski definition) is 1. The van der Waals surface area contributed by atoms with Gasteiger partial charge in [-0.3, -0.25) is 19.0 Å². The van der Waals surface area contributed by atoms with E-state index in [0.717, 1.165) is 43.7 Å². The number of carbonyl (C=O) groups is 2. The van der Waals surface area contributed by atoms with Crippen LogP contribution < -0.4 is 14.4 Å². The zero-order chi connectivity index (χ0) is 34.3. The molecular formula is C36H43ClN6O5S. The van der Waals surface area contributed by atoms with Crippen LogP contribution in [0.1, 0.15) is 71.0 Å². The van der Waals surface area contributed by atoms with Gasteiger partial charge in [-0.25, -0.2) is 9.19 Å². The highest BCUT2D eigenvalue weighted by molar-refractivity contribution is 7.92. The fourth-order valence-electron chi connectivity index (χ4n) is 7.96. The lowest BCUT2D eigenvalue weighted by Gasteiger charge is -2.45. The average molecular weight is 707 g/mol. The Morgan fingerprint density at radius 3 is 2.84 bits per heavy atom. The number of rotatable bonds is 3. The van der Waals surface area contributed by atoms with E-state index in [0.29, 0.717) is 43.0 Å². The maximum atomic E-state index is 14.4. The highest BCUT2D eigenvalue weighted by atomic mass is 35.5. The lowest BCUT2D eigenvalue weighted by molar-refractivity contribution is 0.0131. The van der Waals surface area contributed by atoms with E-state index in [2.05, 4.69) is 43.4 Å². The number of carbonyl (C=O) groups excluding carboxylic acids is 2. The van der Waals surface area contributed by atoms with Crippen molar-refractivity contribution in [2.75, 3.05) is 37.5 Å². The number of methoxy groups -OCH3 is 1. The van der Waals surface area contributed by atoms with Crippen LogP contribution in [0.2, 0.25) is 5.02 Å². The van der Waals surface area contributed by atoms with Crippen molar-refractivity contribution in [2.24, 2.45) is 29.2 Å². The molecule has 4 heterocycles. The number of anilines is 1. The van der Waals surface area contributed by atoms with Crippen molar-refractivity contribution in [1.29, 1.82) is 0 Å². The van der Waals surface area contributed by atoms with E-state index in [9.17, 15) is 13.8 Å². The summed E-state index contributed by atoms with van der Waals surface area (Å²) in [4.78, 5) is 34.2. The van der Waals surface area contributed by atoms with Gasteiger partial charge in [-0.2, -0.15) is 5.10 Å². The largest absolute Gasteiger partial charge is 0.489 e. The van der Waals surface area contributed by atoms with Crippen molar-refractivity contribution in [3.8, 4) is 5.75 Å². The van der Waals surface area contributed by atoms with E-state index < -0.39 is 21.7 Å². The molecule has 3 aromatic rings. The van der Waals surface area contributed by atoms with Crippen molar-refractivity contribution >= 4 is 39.1 Å². The molecule has 7 rings (SSSR count). The van der Waals surface area contributed by atoms with Gasteiger partial charge < -0.3 is 14.4 Å². The monoisotopic (exact) mass is 706 g/mol. The van der Waals surface area contributed by atoms with E-state index in [1.165, 1.54) is 28.2 Å². The normalized spacial score (nSPS) is 30.5. The molecule has 1 N–H and O–H groups in total. The molecule has 1 saturated carbocycles. The fraction of sp³-hybridized carbons (Fsp3) is 0.500. The molecule has 0 radical (unpaired) electrons. The molecule has 11 nitrogen and oxygen atoms in total. The molecule has 0 unspecified atom stereocenters. The third-order valence-electron chi connectivity index (χ3n) is 10.5. The molecule has 2 bridgehead atoms. The van der Waals surface area contributed by atoms with Crippen molar-refractivity contribution in [3.05, 3.63) is 82.3 Å². The summed E-state index contributed by atoms with van der Waals surface area (Å²) in [5, 5.41) is 4.78. The number of nitrogens with zero attached hydrogens (tertiary/aromatic N) is 5. The highest BCUT2D eigenvalue weighted by Gasteiger charge is 2.45. The Bertz CT molecular complexity index is 1920. The Kier molecular flexibility index (Phi) is 9.31. The van der Waals surface area contributed by atoms with Crippen molar-refractivity contribution < 1.29 is 23.3 Å². The molecule has 260 valence electrons. The second-order valence-corrected chi connectivity index (χ2v) is 16.6.